The predicted molar refractivity (Wildman–Crippen MR) is 63.7 cm³/mol. The molecule has 0 saturated carbocycles. The van der Waals surface area contributed by atoms with Crippen molar-refractivity contribution in [2.24, 2.45) is 10.2 Å². The van der Waals surface area contributed by atoms with Crippen LogP contribution in [-0.2, 0) is 0 Å². The Morgan fingerprint density at radius 1 is 1.00 bits per heavy atom. The summed E-state index contributed by atoms with van der Waals surface area (Å²) in [4.78, 5) is 0. The van der Waals surface area contributed by atoms with E-state index in [4.69, 9.17) is 0 Å². The first-order valence-electron chi connectivity index (χ1n) is 5.02. The average Bonchev–Trinajstić information content (AvgIpc) is 2.40. The van der Waals surface area contributed by atoms with Gasteiger partial charge in [-0.15, -0.1) is 0 Å². The Balaban J connectivity index is 2.46. The van der Waals surface area contributed by atoms with Crippen LogP contribution >= 0.6 is 0 Å². The van der Waals surface area contributed by atoms with Crippen molar-refractivity contribution in [1.29, 1.82) is 0 Å². The van der Waals surface area contributed by atoms with E-state index >= 15 is 0 Å². The van der Waals surface area contributed by atoms with Crippen LogP contribution in [0, 0.1) is 0 Å². The topological polar surface area (TPSA) is 24.7 Å². The Morgan fingerprint density at radius 3 is 2.00 bits per heavy atom. The number of fused-ring (bicyclic) bond motifs is 1. The van der Waals surface area contributed by atoms with Gasteiger partial charge >= 0.3 is 0 Å². The third kappa shape index (κ3) is 2.04. The summed E-state index contributed by atoms with van der Waals surface area (Å²) in [5.41, 5.74) is 2.14. The molecule has 2 heteroatoms. The molecule has 2 rings (SSSR count). The first-order valence-corrected chi connectivity index (χ1v) is 5.02. The van der Waals surface area contributed by atoms with Crippen LogP contribution in [0.15, 0.2) is 46.6 Å². The van der Waals surface area contributed by atoms with E-state index in [0.29, 0.717) is 0 Å². The van der Waals surface area contributed by atoms with Gasteiger partial charge in [0.2, 0.25) is 0 Å². The van der Waals surface area contributed by atoms with Crippen LogP contribution in [0.4, 0.5) is 0 Å². The molecule has 0 saturated heterocycles. The largest absolute Gasteiger partial charge is 0.196 e. The van der Waals surface area contributed by atoms with Crippen molar-refractivity contribution < 1.29 is 0 Å². The summed E-state index contributed by atoms with van der Waals surface area (Å²) >= 11 is 0. The minimum Gasteiger partial charge on any atom is -0.196 e. The van der Waals surface area contributed by atoms with Crippen LogP contribution in [0.3, 0.4) is 0 Å². The second kappa shape index (κ2) is 3.81. The van der Waals surface area contributed by atoms with Gasteiger partial charge in [-0.1, -0.05) is 48.6 Å². The number of hydrogen-bond donors (Lipinski definition) is 0. The molecule has 0 amide bonds. The van der Waals surface area contributed by atoms with Gasteiger partial charge < -0.3 is 0 Å². The molecule has 2 nitrogen and oxygen atoms in total. The number of nitrogens with zero attached hydrogens (tertiary/aromatic N) is 2. The summed E-state index contributed by atoms with van der Waals surface area (Å²) in [6, 6.07) is 8.29. The second-order valence-corrected chi connectivity index (χ2v) is 3.82. The van der Waals surface area contributed by atoms with Crippen molar-refractivity contribution in [3.63, 3.8) is 0 Å². The standard InChI is InChI=1S/C13H14N2/c1-13(15-14-2)9-7-11-5-3-4-6-12(11)8-10-13/h3-10H,1-2H3. The molecule has 0 aliphatic heterocycles. The van der Waals surface area contributed by atoms with Gasteiger partial charge in [0.05, 0.1) is 0 Å². The number of benzene rings is 1. The van der Waals surface area contributed by atoms with E-state index in [-0.39, 0.29) is 5.54 Å². The molecule has 1 aromatic carbocycles. The smallest absolute Gasteiger partial charge is 0.115 e. The zero-order valence-corrected chi connectivity index (χ0v) is 9.01. The van der Waals surface area contributed by atoms with Crippen LogP contribution in [0.5, 0.6) is 0 Å². The molecule has 0 aromatic heterocycles. The molecule has 76 valence electrons. The van der Waals surface area contributed by atoms with E-state index in [2.05, 4.69) is 46.7 Å². The van der Waals surface area contributed by atoms with E-state index in [9.17, 15) is 0 Å². The van der Waals surface area contributed by atoms with Crippen molar-refractivity contribution in [2.45, 2.75) is 12.5 Å². The van der Waals surface area contributed by atoms with Gasteiger partial charge in [-0.25, -0.2) is 0 Å². The van der Waals surface area contributed by atoms with Crippen LogP contribution in [0.2, 0.25) is 0 Å². The summed E-state index contributed by atoms with van der Waals surface area (Å²) in [7, 11) is 1.70. The summed E-state index contributed by atoms with van der Waals surface area (Å²) in [6.07, 6.45) is 8.35. The maximum Gasteiger partial charge on any atom is 0.115 e. The monoisotopic (exact) mass is 198 g/mol. The van der Waals surface area contributed by atoms with Crippen molar-refractivity contribution in [3.8, 4) is 0 Å². The summed E-state index contributed by atoms with van der Waals surface area (Å²) in [5.74, 6) is 0. The maximum absolute atomic E-state index is 4.21. The lowest BCUT2D eigenvalue weighted by Gasteiger charge is -2.12. The summed E-state index contributed by atoms with van der Waals surface area (Å²) in [6.45, 7) is 2.04. The first-order chi connectivity index (χ1) is 7.23. The lowest BCUT2D eigenvalue weighted by atomic mass is 10.0. The predicted octanol–water partition coefficient (Wildman–Crippen LogP) is 3.57. The van der Waals surface area contributed by atoms with E-state index in [1.54, 1.807) is 7.05 Å². The normalized spacial score (nSPS) is 17.7. The lowest BCUT2D eigenvalue weighted by molar-refractivity contribution is 0.689. The minimum absolute atomic E-state index is 0.312. The average molecular weight is 198 g/mol. The second-order valence-electron chi connectivity index (χ2n) is 3.82. The van der Waals surface area contributed by atoms with Crippen molar-refractivity contribution >= 4 is 12.2 Å². The van der Waals surface area contributed by atoms with Gasteiger partial charge in [-0.2, -0.15) is 10.2 Å². The third-order valence-corrected chi connectivity index (χ3v) is 2.51. The van der Waals surface area contributed by atoms with Crippen molar-refractivity contribution in [1.82, 2.24) is 0 Å². The third-order valence-electron chi connectivity index (χ3n) is 2.51. The Kier molecular flexibility index (Phi) is 2.50. The van der Waals surface area contributed by atoms with Crippen molar-refractivity contribution in [2.75, 3.05) is 7.05 Å². The molecule has 0 fully saturated rings. The molecule has 0 unspecified atom stereocenters. The highest BCUT2D eigenvalue weighted by molar-refractivity contribution is 5.69. The van der Waals surface area contributed by atoms with E-state index in [1.807, 2.05) is 19.1 Å². The summed E-state index contributed by atoms with van der Waals surface area (Å²) in [5, 5.41) is 8.07. The molecule has 1 aromatic rings. The quantitative estimate of drug-likeness (QED) is 0.616. The van der Waals surface area contributed by atoms with Gasteiger partial charge in [0, 0.05) is 7.05 Å². The Hall–Kier alpha value is -1.70. The van der Waals surface area contributed by atoms with Crippen LogP contribution in [-0.4, -0.2) is 12.6 Å². The molecule has 0 N–H and O–H groups in total. The van der Waals surface area contributed by atoms with Crippen LogP contribution < -0.4 is 0 Å². The fourth-order valence-corrected chi connectivity index (χ4v) is 1.67. The molecular weight excluding hydrogens is 184 g/mol. The summed E-state index contributed by atoms with van der Waals surface area (Å²) < 4.78 is 0. The molecule has 0 radical (unpaired) electrons. The van der Waals surface area contributed by atoms with Gasteiger partial charge in [0.25, 0.3) is 0 Å². The van der Waals surface area contributed by atoms with Gasteiger partial charge in [-0.05, 0) is 18.1 Å². The highest BCUT2D eigenvalue weighted by Crippen LogP contribution is 2.24. The fraction of sp³-hybridized carbons (Fsp3) is 0.231. The number of rotatable bonds is 1. The number of azo groups is 1. The fourth-order valence-electron chi connectivity index (χ4n) is 1.67. The molecule has 1 aliphatic rings. The Morgan fingerprint density at radius 2 is 1.53 bits per heavy atom. The van der Waals surface area contributed by atoms with Crippen LogP contribution in [0.25, 0.3) is 12.2 Å². The molecule has 1 aliphatic carbocycles. The van der Waals surface area contributed by atoms with Gasteiger partial charge in [0.1, 0.15) is 5.54 Å². The molecule has 0 atom stereocenters. The Bertz CT molecular complexity index is 409. The zero-order valence-electron chi connectivity index (χ0n) is 9.01. The zero-order chi connectivity index (χ0) is 10.7. The van der Waals surface area contributed by atoms with E-state index in [0.717, 1.165) is 0 Å². The first kappa shape index (κ1) is 9.84. The van der Waals surface area contributed by atoms with Crippen molar-refractivity contribution in [3.05, 3.63) is 47.5 Å². The lowest BCUT2D eigenvalue weighted by Crippen LogP contribution is -2.12. The van der Waals surface area contributed by atoms with Crippen LogP contribution in [0.1, 0.15) is 18.1 Å². The van der Waals surface area contributed by atoms with Gasteiger partial charge in [0.15, 0.2) is 0 Å². The minimum atomic E-state index is -0.312. The molecule has 15 heavy (non-hydrogen) atoms. The molecule has 0 heterocycles. The van der Waals surface area contributed by atoms with E-state index in [1.165, 1.54) is 11.1 Å². The maximum atomic E-state index is 4.21. The SMILES string of the molecule is CN=NC1(C)C=Cc2ccccc2C=C1. The molecular formula is C13H14N2. The van der Waals surface area contributed by atoms with E-state index < -0.39 is 0 Å². The number of hydrogen-bond acceptors (Lipinski definition) is 2. The molecule has 0 spiro atoms. The van der Waals surface area contributed by atoms with Gasteiger partial charge in [-0.3, -0.25) is 0 Å². The highest BCUT2D eigenvalue weighted by atomic mass is 15.1. The molecule has 0 bridgehead atoms. The Labute approximate surface area is 90.0 Å². The highest BCUT2D eigenvalue weighted by Gasteiger charge is 2.17.